The molecule has 1 aromatic heterocycles. The van der Waals surface area contributed by atoms with Crippen LogP contribution in [0.15, 0.2) is 16.8 Å². The van der Waals surface area contributed by atoms with Crippen molar-refractivity contribution in [2.75, 3.05) is 25.9 Å². The SMILES string of the molecule is CS(=O)(=O)N1CCC(C(=O)NCC(O)c2ccsc2)CC1. The molecule has 8 heteroatoms. The number of hydrogen-bond donors (Lipinski definition) is 2. The summed E-state index contributed by atoms with van der Waals surface area (Å²) in [4.78, 5) is 12.0. The summed E-state index contributed by atoms with van der Waals surface area (Å²) in [5.41, 5.74) is 0.798. The van der Waals surface area contributed by atoms with Crippen LogP contribution in [0.5, 0.6) is 0 Å². The van der Waals surface area contributed by atoms with E-state index in [1.54, 1.807) is 0 Å². The number of hydrogen-bond acceptors (Lipinski definition) is 5. The normalized spacial score (nSPS) is 19.3. The van der Waals surface area contributed by atoms with Crippen molar-refractivity contribution in [2.45, 2.75) is 18.9 Å². The highest BCUT2D eigenvalue weighted by Gasteiger charge is 2.29. The molecule has 118 valence electrons. The number of sulfonamides is 1. The minimum Gasteiger partial charge on any atom is -0.387 e. The second-order valence-corrected chi connectivity index (χ2v) is 8.02. The zero-order valence-electron chi connectivity index (χ0n) is 11.9. The molecule has 0 radical (unpaired) electrons. The van der Waals surface area contributed by atoms with Gasteiger partial charge in [-0.05, 0) is 35.2 Å². The molecule has 1 saturated heterocycles. The van der Waals surface area contributed by atoms with Crippen molar-refractivity contribution in [1.29, 1.82) is 0 Å². The maximum absolute atomic E-state index is 12.0. The topological polar surface area (TPSA) is 86.7 Å². The summed E-state index contributed by atoms with van der Waals surface area (Å²) >= 11 is 1.50. The van der Waals surface area contributed by atoms with Gasteiger partial charge in [0.05, 0.1) is 12.4 Å². The van der Waals surface area contributed by atoms with E-state index in [-0.39, 0.29) is 18.4 Å². The number of amides is 1. The standard InChI is InChI=1S/C13H20N2O4S2/c1-21(18,19)15-5-2-10(3-6-15)13(17)14-8-12(16)11-4-7-20-9-11/h4,7,9-10,12,16H,2-3,5-6,8H2,1H3,(H,14,17). The molecule has 21 heavy (non-hydrogen) atoms. The molecule has 6 nitrogen and oxygen atoms in total. The van der Waals surface area contributed by atoms with E-state index in [1.165, 1.54) is 21.9 Å². The predicted molar refractivity (Wildman–Crippen MR) is 81.4 cm³/mol. The van der Waals surface area contributed by atoms with Gasteiger partial charge in [-0.25, -0.2) is 12.7 Å². The van der Waals surface area contributed by atoms with E-state index < -0.39 is 16.1 Å². The second kappa shape index (κ2) is 6.87. The van der Waals surface area contributed by atoms with Crippen LogP contribution < -0.4 is 5.32 Å². The molecule has 1 atom stereocenters. The van der Waals surface area contributed by atoms with Crippen LogP contribution in [-0.4, -0.2) is 49.6 Å². The lowest BCUT2D eigenvalue weighted by Crippen LogP contribution is -2.43. The molecule has 2 heterocycles. The van der Waals surface area contributed by atoms with Crippen LogP contribution in [0.4, 0.5) is 0 Å². The summed E-state index contributed by atoms with van der Waals surface area (Å²) in [5.74, 6) is -0.296. The molecular weight excluding hydrogens is 312 g/mol. The van der Waals surface area contributed by atoms with Gasteiger partial charge in [0, 0.05) is 25.6 Å². The van der Waals surface area contributed by atoms with Crippen molar-refractivity contribution >= 4 is 27.3 Å². The maximum Gasteiger partial charge on any atom is 0.223 e. The van der Waals surface area contributed by atoms with Crippen LogP contribution in [0, 0.1) is 5.92 Å². The fourth-order valence-corrected chi connectivity index (χ4v) is 3.95. The number of piperidine rings is 1. The summed E-state index contributed by atoms with van der Waals surface area (Å²) in [6.45, 7) is 0.940. The van der Waals surface area contributed by atoms with Crippen molar-refractivity contribution in [3.05, 3.63) is 22.4 Å². The zero-order valence-corrected chi connectivity index (χ0v) is 13.5. The third-order valence-corrected chi connectivity index (χ3v) is 5.70. The summed E-state index contributed by atoms with van der Waals surface area (Å²) in [6, 6.07) is 1.83. The van der Waals surface area contributed by atoms with Gasteiger partial charge in [0.1, 0.15) is 0 Å². The van der Waals surface area contributed by atoms with Gasteiger partial charge in [0.2, 0.25) is 15.9 Å². The minimum absolute atomic E-state index is 0.113. The predicted octanol–water partition coefficient (Wildman–Crippen LogP) is 0.569. The highest BCUT2D eigenvalue weighted by Crippen LogP contribution is 2.20. The molecule has 1 aromatic rings. The summed E-state index contributed by atoms with van der Waals surface area (Å²) in [7, 11) is -3.17. The number of thiophene rings is 1. The summed E-state index contributed by atoms with van der Waals surface area (Å²) < 4.78 is 24.2. The number of nitrogens with one attached hydrogen (secondary N) is 1. The number of aliphatic hydroxyl groups is 1. The van der Waals surface area contributed by atoms with E-state index in [0.717, 1.165) is 5.56 Å². The number of rotatable bonds is 5. The van der Waals surface area contributed by atoms with Crippen molar-refractivity contribution < 1.29 is 18.3 Å². The molecule has 1 aliphatic rings. The first-order chi connectivity index (χ1) is 9.88. The number of carbonyl (C=O) groups is 1. The van der Waals surface area contributed by atoms with Crippen molar-refractivity contribution in [3.8, 4) is 0 Å². The molecule has 0 spiro atoms. The molecule has 1 aliphatic heterocycles. The lowest BCUT2D eigenvalue weighted by atomic mass is 9.97. The molecule has 1 fully saturated rings. The van der Waals surface area contributed by atoms with Crippen LogP contribution >= 0.6 is 11.3 Å². The van der Waals surface area contributed by atoms with Gasteiger partial charge in [0.25, 0.3) is 0 Å². The summed E-state index contributed by atoms with van der Waals surface area (Å²) in [5, 5.41) is 16.4. The molecule has 1 unspecified atom stereocenters. The monoisotopic (exact) mass is 332 g/mol. The molecule has 0 aliphatic carbocycles. The first kappa shape index (κ1) is 16.4. The Morgan fingerprint density at radius 2 is 2.19 bits per heavy atom. The Morgan fingerprint density at radius 3 is 2.71 bits per heavy atom. The largest absolute Gasteiger partial charge is 0.387 e. The van der Waals surface area contributed by atoms with Crippen molar-refractivity contribution in [2.24, 2.45) is 5.92 Å². The highest BCUT2D eigenvalue weighted by atomic mass is 32.2. The third kappa shape index (κ3) is 4.50. The fraction of sp³-hybridized carbons (Fsp3) is 0.615. The van der Waals surface area contributed by atoms with E-state index in [9.17, 15) is 18.3 Å². The van der Waals surface area contributed by atoms with Crippen LogP contribution in [-0.2, 0) is 14.8 Å². The van der Waals surface area contributed by atoms with Crippen molar-refractivity contribution in [3.63, 3.8) is 0 Å². The molecule has 2 N–H and O–H groups in total. The molecule has 2 rings (SSSR count). The lowest BCUT2D eigenvalue weighted by molar-refractivity contribution is -0.126. The van der Waals surface area contributed by atoms with E-state index in [2.05, 4.69) is 5.32 Å². The fourth-order valence-electron chi connectivity index (χ4n) is 2.37. The van der Waals surface area contributed by atoms with E-state index in [1.807, 2.05) is 16.8 Å². The van der Waals surface area contributed by atoms with Crippen LogP contribution in [0.1, 0.15) is 24.5 Å². The van der Waals surface area contributed by atoms with E-state index >= 15 is 0 Å². The van der Waals surface area contributed by atoms with Crippen molar-refractivity contribution in [1.82, 2.24) is 9.62 Å². The summed E-state index contributed by atoms with van der Waals surface area (Å²) in [6.07, 6.45) is 1.53. The maximum atomic E-state index is 12.0. The quantitative estimate of drug-likeness (QED) is 0.825. The Balaban J connectivity index is 1.77. The van der Waals surface area contributed by atoms with E-state index in [0.29, 0.717) is 25.9 Å². The molecule has 1 amide bonds. The van der Waals surface area contributed by atoms with E-state index in [4.69, 9.17) is 0 Å². The Hall–Kier alpha value is -0.960. The smallest absolute Gasteiger partial charge is 0.223 e. The Kier molecular flexibility index (Phi) is 5.37. The van der Waals surface area contributed by atoms with Crippen LogP contribution in [0.25, 0.3) is 0 Å². The Morgan fingerprint density at radius 1 is 1.52 bits per heavy atom. The molecule has 0 saturated carbocycles. The average Bonchev–Trinajstić information content (AvgIpc) is 2.98. The third-order valence-electron chi connectivity index (χ3n) is 3.69. The average molecular weight is 332 g/mol. The van der Waals surface area contributed by atoms with Gasteiger partial charge in [0.15, 0.2) is 0 Å². The van der Waals surface area contributed by atoms with Gasteiger partial charge in [-0.1, -0.05) is 0 Å². The van der Waals surface area contributed by atoms with Gasteiger partial charge in [-0.3, -0.25) is 4.79 Å². The first-order valence-corrected chi connectivity index (χ1v) is 9.60. The van der Waals surface area contributed by atoms with Gasteiger partial charge in [-0.2, -0.15) is 11.3 Å². The van der Waals surface area contributed by atoms with Crippen LogP contribution in [0.3, 0.4) is 0 Å². The van der Waals surface area contributed by atoms with Gasteiger partial charge < -0.3 is 10.4 Å². The first-order valence-electron chi connectivity index (χ1n) is 6.81. The number of carbonyl (C=O) groups excluding carboxylic acids is 1. The van der Waals surface area contributed by atoms with Gasteiger partial charge in [-0.15, -0.1) is 0 Å². The molecule has 0 aromatic carbocycles. The Bertz CT molecular complexity index is 563. The zero-order chi connectivity index (χ0) is 15.5. The highest BCUT2D eigenvalue weighted by molar-refractivity contribution is 7.88. The van der Waals surface area contributed by atoms with Gasteiger partial charge >= 0.3 is 0 Å². The minimum atomic E-state index is -3.17. The molecular formula is C13H20N2O4S2. The molecule has 0 bridgehead atoms. The lowest BCUT2D eigenvalue weighted by Gasteiger charge is -2.29. The Labute approximate surface area is 128 Å². The number of aliphatic hydroxyl groups excluding tert-OH is 1. The number of nitrogens with zero attached hydrogens (tertiary/aromatic N) is 1. The second-order valence-electron chi connectivity index (χ2n) is 5.25. The van der Waals surface area contributed by atoms with Crippen LogP contribution in [0.2, 0.25) is 0 Å².